The highest BCUT2D eigenvalue weighted by atomic mass is 16.2. The van der Waals surface area contributed by atoms with Crippen molar-refractivity contribution in [3.8, 4) is 0 Å². The topological polar surface area (TPSA) is 121 Å². The summed E-state index contributed by atoms with van der Waals surface area (Å²) in [7, 11) is 0. The first-order valence-corrected chi connectivity index (χ1v) is 10.6. The van der Waals surface area contributed by atoms with E-state index in [0.717, 1.165) is 44.9 Å². The molecule has 0 bridgehead atoms. The number of carbonyl (C=O) groups is 4. The molecule has 30 heavy (non-hydrogen) atoms. The summed E-state index contributed by atoms with van der Waals surface area (Å²) in [5.41, 5.74) is 0.142. The largest absolute Gasteiger partial charge is 0.345 e. The number of hydrogen-bond acceptors (Lipinski definition) is 6. The molecule has 2 aliphatic carbocycles. The molecule has 2 aliphatic rings. The van der Waals surface area contributed by atoms with Gasteiger partial charge in [0.05, 0.1) is 19.3 Å². The van der Waals surface area contributed by atoms with Crippen molar-refractivity contribution in [3.05, 3.63) is 24.3 Å². The molecule has 2 fully saturated rings. The summed E-state index contributed by atoms with van der Waals surface area (Å²) < 4.78 is 0. The molecule has 162 valence electrons. The van der Waals surface area contributed by atoms with Gasteiger partial charge in [0.2, 0.25) is 11.8 Å². The quantitative estimate of drug-likeness (QED) is 0.543. The van der Waals surface area contributed by atoms with Crippen LogP contribution < -0.4 is 10.6 Å². The van der Waals surface area contributed by atoms with Gasteiger partial charge in [-0.15, -0.1) is 0 Å². The van der Waals surface area contributed by atoms with E-state index in [1.807, 2.05) is 0 Å². The zero-order valence-corrected chi connectivity index (χ0v) is 17.1. The average Bonchev–Trinajstić information content (AvgIpc) is 3.60. The number of nitrogens with one attached hydrogen (secondary N) is 2. The molecule has 3 rings (SSSR count). The fourth-order valence-corrected chi connectivity index (χ4v) is 3.86. The molecule has 1 heterocycles. The zero-order valence-electron chi connectivity index (χ0n) is 17.1. The normalized spacial score (nSPS) is 17.6. The van der Waals surface area contributed by atoms with Crippen LogP contribution in [0.25, 0.3) is 0 Å². The summed E-state index contributed by atoms with van der Waals surface area (Å²) in [5.74, 6) is -0.677. The Morgan fingerprint density at radius 1 is 1.13 bits per heavy atom. The number of rotatable bonds is 10. The zero-order chi connectivity index (χ0) is 21.3. The van der Waals surface area contributed by atoms with Crippen LogP contribution in [0.5, 0.6) is 0 Å². The van der Waals surface area contributed by atoms with Gasteiger partial charge >= 0.3 is 0 Å². The summed E-state index contributed by atoms with van der Waals surface area (Å²) >= 11 is 0. The third-order valence-corrected chi connectivity index (χ3v) is 5.72. The second-order valence-electron chi connectivity index (χ2n) is 8.07. The summed E-state index contributed by atoms with van der Waals surface area (Å²) in [6.45, 7) is 0.382. The van der Waals surface area contributed by atoms with Crippen LogP contribution in [0, 0.1) is 11.8 Å². The molecule has 1 aromatic rings. The Hall–Kier alpha value is -2.84. The van der Waals surface area contributed by atoms with Gasteiger partial charge in [0, 0.05) is 18.9 Å². The predicted molar refractivity (Wildman–Crippen MR) is 108 cm³/mol. The second kappa shape index (κ2) is 10.8. The molecule has 0 saturated heterocycles. The lowest BCUT2D eigenvalue weighted by atomic mass is 9.83. The number of aldehydes is 1. The van der Waals surface area contributed by atoms with Crippen molar-refractivity contribution in [1.29, 1.82) is 0 Å². The maximum atomic E-state index is 12.9. The van der Waals surface area contributed by atoms with Crippen molar-refractivity contribution in [2.45, 2.75) is 51.0 Å². The Bertz CT molecular complexity index is 747. The molecule has 0 aromatic carbocycles. The van der Waals surface area contributed by atoms with Crippen LogP contribution in [-0.4, -0.2) is 64.6 Å². The van der Waals surface area contributed by atoms with Crippen molar-refractivity contribution < 1.29 is 19.2 Å². The van der Waals surface area contributed by atoms with Gasteiger partial charge in [-0.05, 0) is 37.5 Å². The Labute approximate surface area is 176 Å². The number of aromatic nitrogens is 2. The van der Waals surface area contributed by atoms with E-state index in [1.165, 1.54) is 23.5 Å². The standard InChI is InChI=1S/C21H29N5O4/c27-11-10-26(14-15-6-7-15)18(28)13-24-21(30)19(16-4-2-1-3-5-16)25-20(29)17-12-22-8-9-23-17/h8-9,11-12,15-16,19H,1-7,10,13-14H2,(H,24,30)(H,25,29). The highest BCUT2D eigenvalue weighted by molar-refractivity contribution is 5.96. The van der Waals surface area contributed by atoms with Crippen molar-refractivity contribution in [2.24, 2.45) is 11.8 Å². The van der Waals surface area contributed by atoms with Crippen LogP contribution in [0.1, 0.15) is 55.4 Å². The molecule has 0 spiro atoms. The van der Waals surface area contributed by atoms with Gasteiger partial charge in [0.15, 0.2) is 0 Å². The van der Waals surface area contributed by atoms with Gasteiger partial charge in [0.25, 0.3) is 5.91 Å². The van der Waals surface area contributed by atoms with Crippen molar-refractivity contribution >= 4 is 24.0 Å². The van der Waals surface area contributed by atoms with Crippen molar-refractivity contribution in [1.82, 2.24) is 25.5 Å². The van der Waals surface area contributed by atoms with Crippen molar-refractivity contribution in [3.63, 3.8) is 0 Å². The molecule has 2 N–H and O–H groups in total. The minimum Gasteiger partial charge on any atom is -0.345 e. The molecule has 1 unspecified atom stereocenters. The van der Waals surface area contributed by atoms with Gasteiger partial charge in [-0.3, -0.25) is 19.4 Å². The highest BCUT2D eigenvalue weighted by Crippen LogP contribution is 2.29. The van der Waals surface area contributed by atoms with Gasteiger partial charge in [-0.2, -0.15) is 0 Å². The maximum Gasteiger partial charge on any atom is 0.272 e. The smallest absolute Gasteiger partial charge is 0.272 e. The van der Waals surface area contributed by atoms with Gasteiger partial charge in [-0.25, -0.2) is 4.98 Å². The third kappa shape index (κ3) is 6.33. The van der Waals surface area contributed by atoms with E-state index >= 15 is 0 Å². The van der Waals surface area contributed by atoms with Crippen LogP contribution >= 0.6 is 0 Å². The molecule has 3 amide bonds. The van der Waals surface area contributed by atoms with E-state index < -0.39 is 11.9 Å². The number of amides is 3. The van der Waals surface area contributed by atoms with Crippen LogP contribution in [-0.2, 0) is 14.4 Å². The summed E-state index contributed by atoms with van der Waals surface area (Å²) in [6, 6.07) is -0.740. The van der Waals surface area contributed by atoms with Crippen molar-refractivity contribution in [2.75, 3.05) is 19.6 Å². The van der Waals surface area contributed by atoms with Crippen LogP contribution in [0.2, 0.25) is 0 Å². The summed E-state index contributed by atoms with van der Waals surface area (Å²) in [6.07, 6.45) is 11.9. The first-order chi connectivity index (χ1) is 14.6. The summed E-state index contributed by atoms with van der Waals surface area (Å²) in [5, 5.41) is 5.46. The maximum absolute atomic E-state index is 12.9. The van der Waals surface area contributed by atoms with Crippen LogP contribution in [0.4, 0.5) is 0 Å². The lowest BCUT2D eigenvalue weighted by molar-refractivity contribution is -0.135. The molecule has 0 radical (unpaired) electrons. The molecule has 2 saturated carbocycles. The predicted octanol–water partition coefficient (Wildman–Crippen LogP) is 0.709. The van der Waals surface area contributed by atoms with E-state index in [4.69, 9.17) is 0 Å². The fourth-order valence-electron chi connectivity index (χ4n) is 3.86. The first kappa shape index (κ1) is 21.9. The summed E-state index contributed by atoms with van der Waals surface area (Å²) in [4.78, 5) is 58.2. The lowest BCUT2D eigenvalue weighted by Crippen LogP contribution is -2.53. The number of nitrogens with zero attached hydrogens (tertiary/aromatic N) is 3. The van der Waals surface area contributed by atoms with Gasteiger partial charge in [-0.1, -0.05) is 19.3 Å². The molecule has 9 nitrogen and oxygen atoms in total. The van der Waals surface area contributed by atoms with Crippen LogP contribution in [0.3, 0.4) is 0 Å². The Kier molecular flexibility index (Phi) is 7.87. The van der Waals surface area contributed by atoms with E-state index in [-0.39, 0.29) is 36.5 Å². The van der Waals surface area contributed by atoms with Crippen LogP contribution in [0.15, 0.2) is 18.6 Å². The minimum absolute atomic E-state index is 0.00650. The first-order valence-electron chi connectivity index (χ1n) is 10.6. The van der Waals surface area contributed by atoms with Gasteiger partial charge in [0.1, 0.15) is 18.0 Å². The Morgan fingerprint density at radius 3 is 2.53 bits per heavy atom. The molecule has 0 aliphatic heterocycles. The SMILES string of the molecule is O=CCN(CC1CC1)C(=O)CNC(=O)C(NC(=O)c1cnccn1)C1CCCCC1. The van der Waals surface area contributed by atoms with E-state index in [2.05, 4.69) is 20.6 Å². The Morgan fingerprint density at radius 2 is 1.90 bits per heavy atom. The Balaban J connectivity index is 1.61. The monoisotopic (exact) mass is 415 g/mol. The second-order valence-corrected chi connectivity index (χ2v) is 8.07. The third-order valence-electron chi connectivity index (χ3n) is 5.72. The molecule has 9 heteroatoms. The lowest BCUT2D eigenvalue weighted by Gasteiger charge is -2.30. The minimum atomic E-state index is -0.740. The molecule has 1 aromatic heterocycles. The van der Waals surface area contributed by atoms with Gasteiger partial charge < -0.3 is 20.3 Å². The molecular weight excluding hydrogens is 386 g/mol. The molecular formula is C21H29N5O4. The highest BCUT2D eigenvalue weighted by Gasteiger charge is 2.32. The molecule has 1 atom stereocenters. The number of hydrogen-bond donors (Lipinski definition) is 2. The van der Waals surface area contributed by atoms with E-state index in [1.54, 1.807) is 0 Å². The number of carbonyl (C=O) groups excluding carboxylic acids is 4. The average molecular weight is 415 g/mol. The fraction of sp³-hybridized carbons (Fsp3) is 0.619. The van der Waals surface area contributed by atoms with E-state index in [9.17, 15) is 19.2 Å². The van der Waals surface area contributed by atoms with E-state index in [0.29, 0.717) is 18.7 Å².